The summed E-state index contributed by atoms with van der Waals surface area (Å²) < 4.78 is 11.4. The van der Waals surface area contributed by atoms with Crippen molar-refractivity contribution in [1.29, 1.82) is 0 Å². The molecule has 0 amide bonds. The summed E-state index contributed by atoms with van der Waals surface area (Å²) in [6, 6.07) is 0.536. The highest BCUT2D eigenvalue weighted by atomic mass is 16.5. The molecule has 106 valence electrons. The van der Waals surface area contributed by atoms with E-state index in [0.717, 1.165) is 46.0 Å². The molecule has 0 aromatic carbocycles. The van der Waals surface area contributed by atoms with Gasteiger partial charge in [-0.1, -0.05) is 13.8 Å². The molecule has 0 radical (unpaired) electrons. The smallest absolute Gasteiger partial charge is 0.0702 e. The minimum Gasteiger partial charge on any atom is -0.379 e. The maximum Gasteiger partial charge on any atom is 0.0702 e. The zero-order chi connectivity index (χ0) is 12.8. The van der Waals surface area contributed by atoms with Crippen LogP contribution in [0.15, 0.2) is 0 Å². The van der Waals surface area contributed by atoms with E-state index in [0.29, 0.717) is 18.1 Å². The van der Waals surface area contributed by atoms with Gasteiger partial charge in [0.05, 0.1) is 19.3 Å². The van der Waals surface area contributed by atoms with E-state index in [9.17, 15) is 0 Å². The molecule has 1 N–H and O–H groups in total. The summed E-state index contributed by atoms with van der Waals surface area (Å²) in [7, 11) is 0. The van der Waals surface area contributed by atoms with Gasteiger partial charge in [0.15, 0.2) is 0 Å². The van der Waals surface area contributed by atoms with E-state index < -0.39 is 0 Å². The minimum atomic E-state index is 0.463. The van der Waals surface area contributed by atoms with E-state index in [1.807, 2.05) is 0 Å². The Morgan fingerprint density at radius 3 is 2.78 bits per heavy atom. The molecule has 2 rings (SSSR count). The van der Waals surface area contributed by atoms with Crippen molar-refractivity contribution >= 4 is 0 Å². The topological polar surface area (TPSA) is 33.7 Å². The van der Waals surface area contributed by atoms with Gasteiger partial charge in [-0.15, -0.1) is 0 Å². The van der Waals surface area contributed by atoms with Gasteiger partial charge in [0, 0.05) is 31.7 Å². The summed E-state index contributed by atoms with van der Waals surface area (Å²) in [6.45, 7) is 11.5. The minimum absolute atomic E-state index is 0.463. The van der Waals surface area contributed by atoms with Gasteiger partial charge in [-0.3, -0.25) is 0 Å². The van der Waals surface area contributed by atoms with Crippen LogP contribution in [0.4, 0.5) is 0 Å². The number of nitrogens with zero attached hydrogens (tertiary/aromatic N) is 1. The highest BCUT2D eigenvalue weighted by molar-refractivity contribution is 4.84. The van der Waals surface area contributed by atoms with Crippen LogP contribution in [0, 0.1) is 5.92 Å². The predicted molar refractivity (Wildman–Crippen MR) is 72.9 cm³/mol. The Labute approximate surface area is 111 Å². The van der Waals surface area contributed by atoms with E-state index in [1.165, 1.54) is 12.8 Å². The van der Waals surface area contributed by atoms with E-state index in [1.54, 1.807) is 0 Å². The van der Waals surface area contributed by atoms with Crippen LogP contribution in [0.1, 0.15) is 26.7 Å². The van der Waals surface area contributed by atoms with Crippen molar-refractivity contribution in [2.45, 2.75) is 38.8 Å². The van der Waals surface area contributed by atoms with Crippen LogP contribution in [-0.2, 0) is 9.47 Å². The zero-order valence-corrected chi connectivity index (χ0v) is 11.9. The van der Waals surface area contributed by atoms with E-state index in [4.69, 9.17) is 9.47 Å². The lowest BCUT2D eigenvalue weighted by Crippen LogP contribution is -2.43. The number of ether oxygens (including phenoxy) is 2. The lowest BCUT2D eigenvalue weighted by atomic mass is 10.0. The average Bonchev–Trinajstić information content (AvgIpc) is 3.01. The van der Waals surface area contributed by atoms with Crippen LogP contribution in [0.5, 0.6) is 0 Å². The molecule has 2 fully saturated rings. The van der Waals surface area contributed by atoms with E-state index in [2.05, 4.69) is 24.1 Å². The summed E-state index contributed by atoms with van der Waals surface area (Å²) in [6.07, 6.45) is 2.92. The third kappa shape index (κ3) is 3.92. The summed E-state index contributed by atoms with van der Waals surface area (Å²) in [5.41, 5.74) is 0. The van der Waals surface area contributed by atoms with Gasteiger partial charge in [-0.2, -0.15) is 0 Å². The molecule has 2 saturated heterocycles. The number of hydrogen-bond donors (Lipinski definition) is 1. The maximum atomic E-state index is 5.74. The Balaban J connectivity index is 1.77. The summed E-state index contributed by atoms with van der Waals surface area (Å²) in [4.78, 5) is 2.53. The Kier molecular flexibility index (Phi) is 5.89. The second kappa shape index (κ2) is 7.43. The Hall–Kier alpha value is -0.160. The standard InChI is InChI=1S/C14H28N2O2/c1-3-15-14-11-17-10-12(14)8-16(4-2)9-13-6-5-7-18-13/h12-15H,3-11H2,1-2H3. The van der Waals surface area contributed by atoms with Gasteiger partial charge in [-0.05, 0) is 25.9 Å². The Morgan fingerprint density at radius 1 is 1.22 bits per heavy atom. The molecule has 2 heterocycles. The van der Waals surface area contributed by atoms with Crippen LogP contribution >= 0.6 is 0 Å². The molecular weight excluding hydrogens is 228 g/mol. The first-order chi connectivity index (χ1) is 8.83. The van der Waals surface area contributed by atoms with Crippen LogP contribution in [0.3, 0.4) is 0 Å². The fourth-order valence-electron chi connectivity index (χ4n) is 3.01. The van der Waals surface area contributed by atoms with Gasteiger partial charge in [-0.25, -0.2) is 0 Å². The second-order valence-electron chi connectivity index (χ2n) is 5.45. The number of likely N-dealkylation sites (N-methyl/N-ethyl adjacent to an activating group) is 2. The van der Waals surface area contributed by atoms with Gasteiger partial charge in [0.1, 0.15) is 0 Å². The molecule has 0 spiro atoms. The maximum absolute atomic E-state index is 5.74. The van der Waals surface area contributed by atoms with Gasteiger partial charge in [0.25, 0.3) is 0 Å². The molecule has 3 atom stereocenters. The zero-order valence-electron chi connectivity index (χ0n) is 11.9. The largest absolute Gasteiger partial charge is 0.379 e. The van der Waals surface area contributed by atoms with E-state index in [-0.39, 0.29) is 0 Å². The predicted octanol–water partition coefficient (Wildman–Crippen LogP) is 1.11. The number of nitrogens with one attached hydrogen (secondary N) is 1. The van der Waals surface area contributed by atoms with Crippen LogP contribution in [-0.4, -0.2) is 63.0 Å². The van der Waals surface area contributed by atoms with Crippen molar-refractivity contribution < 1.29 is 9.47 Å². The quantitative estimate of drug-likeness (QED) is 0.740. The van der Waals surface area contributed by atoms with Gasteiger partial charge < -0.3 is 19.7 Å². The van der Waals surface area contributed by atoms with Gasteiger partial charge in [0.2, 0.25) is 0 Å². The molecule has 3 unspecified atom stereocenters. The lowest BCUT2D eigenvalue weighted by Gasteiger charge is -2.28. The fourth-order valence-corrected chi connectivity index (χ4v) is 3.01. The highest BCUT2D eigenvalue weighted by Gasteiger charge is 2.29. The molecular formula is C14H28N2O2. The molecule has 2 aliphatic heterocycles. The van der Waals surface area contributed by atoms with Crippen molar-refractivity contribution in [2.75, 3.05) is 46.0 Å². The number of rotatable bonds is 7. The highest BCUT2D eigenvalue weighted by Crippen LogP contribution is 2.18. The van der Waals surface area contributed by atoms with E-state index >= 15 is 0 Å². The third-order valence-corrected chi connectivity index (χ3v) is 4.09. The SMILES string of the molecule is CCNC1COCC1CN(CC)CC1CCCO1. The monoisotopic (exact) mass is 256 g/mol. The summed E-state index contributed by atoms with van der Waals surface area (Å²) in [5, 5.41) is 3.53. The van der Waals surface area contributed by atoms with Crippen molar-refractivity contribution in [3.63, 3.8) is 0 Å². The average molecular weight is 256 g/mol. The summed E-state index contributed by atoms with van der Waals surface area (Å²) in [5.74, 6) is 0.631. The summed E-state index contributed by atoms with van der Waals surface area (Å²) >= 11 is 0. The van der Waals surface area contributed by atoms with Gasteiger partial charge >= 0.3 is 0 Å². The molecule has 0 saturated carbocycles. The van der Waals surface area contributed by atoms with Crippen LogP contribution < -0.4 is 5.32 Å². The fraction of sp³-hybridized carbons (Fsp3) is 1.00. The van der Waals surface area contributed by atoms with Crippen molar-refractivity contribution in [3.05, 3.63) is 0 Å². The Bertz CT molecular complexity index is 232. The molecule has 18 heavy (non-hydrogen) atoms. The number of hydrogen-bond acceptors (Lipinski definition) is 4. The molecule has 4 heteroatoms. The first-order valence-corrected chi connectivity index (χ1v) is 7.48. The van der Waals surface area contributed by atoms with Crippen molar-refractivity contribution in [2.24, 2.45) is 5.92 Å². The molecule has 0 bridgehead atoms. The first-order valence-electron chi connectivity index (χ1n) is 7.48. The molecule has 2 aliphatic rings. The van der Waals surface area contributed by atoms with Crippen molar-refractivity contribution in [1.82, 2.24) is 10.2 Å². The molecule has 4 nitrogen and oxygen atoms in total. The molecule has 0 aliphatic carbocycles. The lowest BCUT2D eigenvalue weighted by molar-refractivity contribution is 0.0671. The first kappa shape index (κ1) is 14.3. The van der Waals surface area contributed by atoms with Crippen LogP contribution in [0.2, 0.25) is 0 Å². The molecule has 0 aromatic rings. The second-order valence-corrected chi connectivity index (χ2v) is 5.45. The molecule has 0 aromatic heterocycles. The Morgan fingerprint density at radius 2 is 2.11 bits per heavy atom. The van der Waals surface area contributed by atoms with Crippen molar-refractivity contribution in [3.8, 4) is 0 Å². The normalized spacial score (nSPS) is 32.5. The van der Waals surface area contributed by atoms with Crippen LogP contribution in [0.25, 0.3) is 0 Å². The third-order valence-electron chi connectivity index (χ3n) is 4.09.